The Bertz CT molecular complexity index is 195. The predicted molar refractivity (Wildman–Crippen MR) is 66.0 cm³/mol. The highest BCUT2D eigenvalue weighted by molar-refractivity contribution is 8.06. The molecule has 1 heterocycles. The van der Waals surface area contributed by atoms with Crippen LogP contribution >= 0.6 is 23.5 Å². The maximum atomic E-state index is 11.6. The number of thioether (sulfide) groups is 2. The maximum Gasteiger partial charge on any atom is 0.225 e. The fraction of sp³-hybridized carbons (Fsp3) is 0.900. The number of carbonyl (C=O) groups excluding carboxylic acids is 1. The third-order valence-electron chi connectivity index (χ3n) is 2.06. The first-order valence-electron chi connectivity index (χ1n) is 4.98. The molecule has 1 aliphatic rings. The number of hydrogen-bond donors (Lipinski definition) is 1. The fourth-order valence-electron chi connectivity index (χ4n) is 1.13. The average Bonchev–Trinajstić information content (AvgIpc) is 2.14. The van der Waals surface area contributed by atoms with Gasteiger partial charge in [-0.25, -0.2) is 0 Å². The zero-order valence-corrected chi connectivity index (χ0v) is 10.8. The minimum Gasteiger partial charge on any atom is -0.355 e. The van der Waals surface area contributed by atoms with Gasteiger partial charge in [-0.05, 0) is 0 Å². The molecule has 2 nitrogen and oxygen atoms in total. The largest absolute Gasteiger partial charge is 0.355 e. The van der Waals surface area contributed by atoms with Crippen LogP contribution in [0.15, 0.2) is 0 Å². The Labute approximate surface area is 95.0 Å². The summed E-state index contributed by atoms with van der Waals surface area (Å²) in [6.07, 6.45) is 0. The van der Waals surface area contributed by atoms with Crippen molar-refractivity contribution in [2.24, 2.45) is 5.41 Å². The van der Waals surface area contributed by atoms with E-state index >= 15 is 0 Å². The molecule has 1 rings (SSSR count). The molecule has 1 amide bonds. The molecule has 1 atom stereocenters. The lowest BCUT2D eigenvalue weighted by molar-refractivity contribution is -0.128. The third kappa shape index (κ3) is 4.13. The van der Waals surface area contributed by atoms with Gasteiger partial charge in [0, 0.05) is 34.5 Å². The molecule has 0 bridgehead atoms. The molecular formula is C10H19NOS2. The number of nitrogens with one attached hydrogen (secondary N) is 1. The highest BCUT2D eigenvalue weighted by Gasteiger charge is 2.22. The Morgan fingerprint density at radius 3 is 2.64 bits per heavy atom. The van der Waals surface area contributed by atoms with Gasteiger partial charge in [0.05, 0.1) is 0 Å². The van der Waals surface area contributed by atoms with Gasteiger partial charge in [0.15, 0.2) is 0 Å². The first kappa shape index (κ1) is 12.2. The summed E-state index contributed by atoms with van der Waals surface area (Å²) in [6.45, 7) is 6.68. The molecule has 0 aromatic carbocycles. The Kier molecular flexibility index (Phi) is 4.64. The van der Waals surface area contributed by atoms with Gasteiger partial charge in [-0.1, -0.05) is 20.8 Å². The molecule has 1 saturated heterocycles. The predicted octanol–water partition coefficient (Wildman–Crippen LogP) is 2.00. The quantitative estimate of drug-likeness (QED) is 0.791. The van der Waals surface area contributed by atoms with Gasteiger partial charge >= 0.3 is 0 Å². The Morgan fingerprint density at radius 1 is 1.43 bits per heavy atom. The van der Waals surface area contributed by atoms with Crippen molar-refractivity contribution < 1.29 is 4.79 Å². The van der Waals surface area contributed by atoms with Crippen molar-refractivity contribution in [2.45, 2.75) is 26.0 Å². The van der Waals surface area contributed by atoms with E-state index in [0.717, 1.165) is 6.54 Å². The van der Waals surface area contributed by atoms with Crippen LogP contribution in [0.3, 0.4) is 0 Å². The van der Waals surface area contributed by atoms with Gasteiger partial charge in [0.2, 0.25) is 5.91 Å². The SMILES string of the molecule is CC(C)(C)C(=O)NCC1CSCCS1. The van der Waals surface area contributed by atoms with Crippen LogP contribution in [0.4, 0.5) is 0 Å². The first-order chi connectivity index (χ1) is 6.50. The average molecular weight is 233 g/mol. The van der Waals surface area contributed by atoms with Gasteiger partial charge in [0.25, 0.3) is 0 Å². The highest BCUT2D eigenvalue weighted by atomic mass is 32.2. The van der Waals surface area contributed by atoms with Crippen LogP contribution in [-0.4, -0.2) is 35.0 Å². The van der Waals surface area contributed by atoms with E-state index in [-0.39, 0.29) is 11.3 Å². The van der Waals surface area contributed by atoms with E-state index in [2.05, 4.69) is 5.32 Å². The fourth-order valence-corrected chi connectivity index (χ4v) is 3.74. The number of rotatable bonds is 2. The topological polar surface area (TPSA) is 29.1 Å². The van der Waals surface area contributed by atoms with Crippen LogP contribution in [0.1, 0.15) is 20.8 Å². The van der Waals surface area contributed by atoms with Crippen molar-refractivity contribution in [1.82, 2.24) is 5.32 Å². The van der Waals surface area contributed by atoms with Crippen molar-refractivity contribution in [2.75, 3.05) is 23.8 Å². The zero-order valence-electron chi connectivity index (χ0n) is 9.13. The van der Waals surface area contributed by atoms with E-state index in [4.69, 9.17) is 0 Å². The lowest BCUT2D eigenvalue weighted by Crippen LogP contribution is -2.39. The second kappa shape index (κ2) is 5.31. The van der Waals surface area contributed by atoms with E-state index in [1.807, 2.05) is 44.3 Å². The molecular weight excluding hydrogens is 214 g/mol. The van der Waals surface area contributed by atoms with Gasteiger partial charge in [-0.2, -0.15) is 23.5 Å². The smallest absolute Gasteiger partial charge is 0.225 e. The van der Waals surface area contributed by atoms with E-state index in [1.165, 1.54) is 17.3 Å². The van der Waals surface area contributed by atoms with E-state index in [0.29, 0.717) is 5.25 Å². The molecule has 1 aliphatic heterocycles. The molecule has 0 aliphatic carbocycles. The van der Waals surface area contributed by atoms with Crippen LogP contribution in [0.5, 0.6) is 0 Å². The first-order valence-corrected chi connectivity index (χ1v) is 7.18. The number of hydrogen-bond acceptors (Lipinski definition) is 3. The van der Waals surface area contributed by atoms with Crippen LogP contribution in [0, 0.1) is 5.41 Å². The molecule has 1 fully saturated rings. The van der Waals surface area contributed by atoms with Gasteiger partial charge in [-0.3, -0.25) is 4.79 Å². The molecule has 1 N–H and O–H groups in total. The second-order valence-corrected chi connectivity index (χ2v) is 7.09. The molecule has 0 aromatic rings. The van der Waals surface area contributed by atoms with Crippen molar-refractivity contribution >= 4 is 29.4 Å². The highest BCUT2D eigenvalue weighted by Crippen LogP contribution is 2.23. The number of carbonyl (C=O) groups is 1. The standard InChI is InChI=1S/C10H19NOS2/c1-10(2,3)9(12)11-6-8-7-13-4-5-14-8/h8H,4-7H2,1-3H3,(H,11,12). The second-order valence-electron chi connectivity index (χ2n) is 4.53. The zero-order chi connectivity index (χ0) is 10.6. The van der Waals surface area contributed by atoms with Crippen molar-refractivity contribution in [3.63, 3.8) is 0 Å². The summed E-state index contributed by atoms with van der Waals surface area (Å²) < 4.78 is 0. The minimum atomic E-state index is -0.257. The summed E-state index contributed by atoms with van der Waals surface area (Å²) in [5.74, 6) is 3.82. The van der Waals surface area contributed by atoms with Gasteiger partial charge < -0.3 is 5.32 Å². The van der Waals surface area contributed by atoms with Crippen molar-refractivity contribution in [3.05, 3.63) is 0 Å². The Balaban J connectivity index is 2.22. The molecule has 0 radical (unpaired) electrons. The lowest BCUT2D eigenvalue weighted by atomic mass is 9.96. The molecule has 4 heteroatoms. The molecule has 1 unspecified atom stereocenters. The summed E-state index contributed by atoms with van der Waals surface area (Å²) >= 11 is 3.97. The Morgan fingerprint density at radius 2 is 2.14 bits per heavy atom. The Hall–Kier alpha value is 0.170. The van der Waals surface area contributed by atoms with Crippen LogP contribution in [0.25, 0.3) is 0 Å². The summed E-state index contributed by atoms with van der Waals surface area (Å²) in [5.41, 5.74) is -0.257. The monoisotopic (exact) mass is 233 g/mol. The summed E-state index contributed by atoms with van der Waals surface area (Å²) in [5, 5.41) is 3.63. The molecule has 0 spiro atoms. The minimum absolute atomic E-state index is 0.161. The normalized spacial score (nSPS) is 23.2. The van der Waals surface area contributed by atoms with Crippen molar-refractivity contribution in [1.29, 1.82) is 0 Å². The van der Waals surface area contributed by atoms with E-state index < -0.39 is 0 Å². The van der Waals surface area contributed by atoms with Gasteiger partial charge in [-0.15, -0.1) is 0 Å². The van der Waals surface area contributed by atoms with Crippen molar-refractivity contribution in [3.8, 4) is 0 Å². The lowest BCUT2D eigenvalue weighted by Gasteiger charge is -2.24. The summed E-state index contributed by atoms with van der Waals surface area (Å²) in [6, 6.07) is 0. The van der Waals surface area contributed by atoms with Gasteiger partial charge in [0.1, 0.15) is 0 Å². The number of amides is 1. The van der Waals surface area contributed by atoms with Crippen LogP contribution in [0.2, 0.25) is 0 Å². The molecule has 0 saturated carbocycles. The van der Waals surface area contributed by atoms with E-state index in [1.54, 1.807) is 0 Å². The third-order valence-corrected chi connectivity index (χ3v) is 4.90. The molecule has 82 valence electrons. The summed E-state index contributed by atoms with van der Waals surface area (Å²) in [7, 11) is 0. The maximum absolute atomic E-state index is 11.6. The molecule has 0 aromatic heterocycles. The van der Waals surface area contributed by atoms with E-state index in [9.17, 15) is 4.79 Å². The summed E-state index contributed by atoms with van der Waals surface area (Å²) in [4.78, 5) is 11.6. The van der Waals surface area contributed by atoms with Crippen LogP contribution < -0.4 is 5.32 Å². The molecule has 14 heavy (non-hydrogen) atoms. The van der Waals surface area contributed by atoms with Crippen LogP contribution in [-0.2, 0) is 4.79 Å².